The maximum absolute atomic E-state index is 12.0. The van der Waals surface area contributed by atoms with E-state index in [9.17, 15) is 19.7 Å². The van der Waals surface area contributed by atoms with Gasteiger partial charge in [0, 0.05) is 18.5 Å². The summed E-state index contributed by atoms with van der Waals surface area (Å²) in [5.41, 5.74) is -0.0391. The molecule has 1 rings (SSSR count). The van der Waals surface area contributed by atoms with Crippen molar-refractivity contribution >= 4 is 23.1 Å². The second-order valence-corrected chi connectivity index (χ2v) is 4.29. The molecule has 6 heteroatoms. The number of para-hydroxylation sites is 2. The summed E-state index contributed by atoms with van der Waals surface area (Å²) < 4.78 is 0. The monoisotopic (exact) mass is 264 g/mol. The van der Waals surface area contributed by atoms with Crippen molar-refractivity contribution in [2.75, 3.05) is 4.90 Å². The Bertz CT molecular complexity index is 511. The molecular formula is C13H16N2O4. The highest BCUT2D eigenvalue weighted by Gasteiger charge is 2.29. The van der Waals surface area contributed by atoms with Gasteiger partial charge >= 0.3 is 0 Å². The minimum atomic E-state index is -0.716. The van der Waals surface area contributed by atoms with E-state index in [-0.39, 0.29) is 23.8 Å². The molecule has 6 nitrogen and oxygen atoms in total. The molecule has 0 N–H and O–H groups in total. The van der Waals surface area contributed by atoms with E-state index in [2.05, 4.69) is 0 Å². The van der Waals surface area contributed by atoms with Crippen molar-refractivity contribution in [1.82, 2.24) is 0 Å². The first kappa shape index (κ1) is 14.8. The zero-order valence-electron chi connectivity index (χ0n) is 11.1. The van der Waals surface area contributed by atoms with Gasteiger partial charge in [0.1, 0.15) is 5.69 Å². The first-order valence-corrected chi connectivity index (χ1v) is 6.00. The number of nitro groups is 1. The van der Waals surface area contributed by atoms with E-state index in [1.807, 2.05) is 0 Å². The number of amides is 1. The Morgan fingerprint density at radius 2 is 1.89 bits per heavy atom. The maximum Gasteiger partial charge on any atom is 0.294 e. The minimum absolute atomic E-state index is 0.0721. The number of hydrogen-bond acceptors (Lipinski definition) is 4. The lowest BCUT2D eigenvalue weighted by Crippen LogP contribution is -2.41. The molecule has 0 bridgehead atoms. The lowest BCUT2D eigenvalue weighted by molar-refractivity contribution is -0.384. The Morgan fingerprint density at radius 1 is 1.32 bits per heavy atom. The Hall–Kier alpha value is -2.24. The molecule has 1 amide bonds. The third-order valence-electron chi connectivity index (χ3n) is 2.63. The molecule has 0 saturated heterocycles. The molecule has 102 valence electrons. The summed E-state index contributed by atoms with van der Waals surface area (Å²) in [6, 6.07) is 5.56. The fourth-order valence-electron chi connectivity index (χ4n) is 1.73. The van der Waals surface area contributed by atoms with Gasteiger partial charge in [-0.25, -0.2) is 0 Å². The second kappa shape index (κ2) is 6.08. The van der Waals surface area contributed by atoms with Crippen molar-refractivity contribution in [3.05, 3.63) is 34.4 Å². The van der Waals surface area contributed by atoms with Crippen LogP contribution < -0.4 is 4.90 Å². The Labute approximate surface area is 111 Å². The molecule has 0 atom stereocenters. The van der Waals surface area contributed by atoms with Gasteiger partial charge < -0.3 is 0 Å². The summed E-state index contributed by atoms with van der Waals surface area (Å²) in [5, 5.41) is 11.0. The standard InChI is InChI=1S/C13H16N2O4/c1-4-12(16)13(17)14(9(2)3)10-7-5-6-8-11(10)15(18)19/h5-9H,4H2,1-3H3. The highest BCUT2D eigenvalue weighted by Crippen LogP contribution is 2.29. The maximum atomic E-state index is 12.0. The number of benzene rings is 1. The van der Waals surface area contributed by atoms with Gasteiger partial charge in [-0.05, 0) is 19.9 Å². The van der Waals surface area contributed by atoms with Gasteiger partial charge in [-0.1, -0.05) is 19.1 Å². The van der Waals surface area contributed by atoms with Crippen molar-refractivity contribution in [3.8, 4) is 0 Å². The zero-order valence-corrected chi connectivity index (χ0v) is 11.1. The number of anilines is 1. The molecule has 0 heterocycles. The van der Waals surface area contributed by atoms with E-state index >= 15 is 0 Å². The molecule has 0 fully saturated rings. The third-order valence-corrected chi connectivity index (χ3v) is 2.63. The van der Waals surface area contributed by atoms with E-state index in [0.717, 1.165) is 0 Å². The summed E-state index contributed by atoms with van der Waals surface area (Å²) in [5.74, 6) is -1.28. The Morgan fingerprint density at radius 3 is 2.37 bits per heavy atom. The van der Waals surface area contributed by atoms with Gasteiger partial charge in [0.25, 0.3) is 11.6 Å². The van der Waals surface area contributed by atoms with Crippen LogP contribution in [0.1, 0.15) is 27.2 Å². The van der Waals surface area contributed by atoms with E-state index in [1.165, 1.54) is 23.1 Å². The fraction of sp³-hybridized carbons (Fsp3) is 0.385. The molecule has 19 heavy (non-hydrogen) atoms. The summed E-state index contributed by atoms with van der Waals surface area (Å²) in [6.07, 6.45) is 0.0721. The zero-order chi connectivity index (χ0) is 14.6. The number of nitrogens with zero attached hydrogens (tertiary/aromatic N) is 2. The van der Waals surface area contributed by atoms with Crippen molar-refractivity contribution in [1.29, 1.82) is 0 Å². The van der Waals surface area contributed by atoms with Crippen molar-refractivity contribution in [2.24, 2.45) is 0 Å². The summed E-state index contributed by atoms with van der Waals surface area (Å²) >= 11 is 0. The minimum Gasteiger partial charge on any atom is -0.297 e. The number of nitro benzene ring substituents is 1. The van der Waals surface area contributed by atoms with Gasteiger partial charge in [-0.2, -0.15) is 0 Å². The van der Waals surface area contributed by atoms with Crippen LogP contribution in [0.3, 0.4) is 0 Å². The molecule has 0 aliphatic heterocycles. The number of rotatable bonds is 5. The number of hydrogen-bond donors (Lipinski definition) is 0. The normalized spacial score (nSPS) is 10.3. The van der Waals surface area contributed by atoms with Gasteiger partial charge in [-0.3, -0.25) is 24.6 Å². The van der Waals surface area contributed by atoms with Crippen LogP contribution in [0.4, 0.5) is 11.4 Å². The largest absolute Gasteiger partial charge is 0.297 e. The van der Waals surface area contributed by atoms with Crippen molar-refractivity contribution < 1.29 is 14.5 Å². The van der Waals surface area contributed by atoms with E-state index < -0.39 is 16.6 Å². The smallest absolute Gasteiger partial charge is 0.294 e. The second-order valence-electron chi connectivity index (χ2n) is 4.29. The molecule has 0 radical (unpaired) electrons. The fourth-order valence-corrected chi connectivity index (χ4v) is 1.73. The average Bonchev–Trinajstić information content (AvgIpc) is 2.37. The molecule has 1 aromatic carbocycles. The lowest BCUT2D eigenvalue weighted by atomic mass is 10.1. The Balaban J connectivity index is 3.32. The van der Waals surface area contributed by atoms with Crippen LogP contribution in [0.15, 0.2) is 24.3 Å². The molecule has 1 aromatic rings. The predicted molar refractivity (Wildman–Crippen MR) is 71.0 cm³/mol. The number of ketones is 1. The van der Waals surface area contributed by atoms with Crippen LogP contribution in [0, 0.1) is 10.1 Å². The van der Waals surface area contributed by atoms with Gasteiger partial charge in [0.2, 0.25) is 5.78 Å². The average molecular weight is 264 g/mol. The number of carbonyl (C=O) groups excluding carboxylic acids is 2. The topological polar surface area (TPSA) is 80.5 Å². The summed E-state index contributed by atoms with van der Waals surface area (Å²) in [6.45, 7) is 4.99. The third kappa shape index (κ3) is 3.15. The highest BCUT2D eigenvalue weighted by atomic mass is 16.6. The number of Topliss-reactive ketones (excluding diaryl/α,β-unsaturated/α-hetero) is 1. The SMILES string of the molecule is CCC(=O)C(=O)N(c1ccccc1[N+](=O)[O-])C(C)C. The van der Waals surface area contributed by atoms with Gasteiger partial charge in [0.05, 0.1) is 4.92 Å². The lowest BCUT2D eigenvalue weighted by Gasteiger charge is -2.25. The molecule has 0 spiro atoms. The van der Waals surface area contributed by atoms with E-state index in [4.69, 9.17) is 0 Å². The molecule has 0 unspecified atom stereocenters. The quantitative estimate of drug-likeness (QED) is 0.464. The van der Waals surface area contributed by atoms with Crippen molar-refractivity contribution in [2.45, 2.75) is 33.2 Å². The van der Waals surface area contributed by atoms with E-state index in [1.54, 1.807) is 26.8 Å². The first-order chi connectivity index (χ1) is 8.90. The van der Waals surface area contributed by atoms with Crippen LogP contribution >= 0.6 is 0 Å². The molecule has 0 aliphatic rings. The van der Waals surface area contributed by atoms with Crippen LogP contribution in [-0.2, 0) is 9.59 Å². The molecular weight excluding hydrogens is 248 g/mol. The predicted octanol–water partition coefficient (Wildman–Crippen LogP) is 2.32. The van der Waals surface area contributed by atoms with Crippen LogP contribution in [0.2, 0.25) is 0 Å². The first-order valence-electron chi connectivity index (χ1n) is 6.00. The summed E-state index contributed by atoms with van der Waals surface area (Å²) in [4.78, 5) is 35.2. The Kier molecular flexibility index (Phi) is 4.74. The van der Waals surface area contributed by atoms with Gasteiger partial charge in [0.15, 0.2) is 0 Å². The summed E-state index contributed by atoms with van der Waals surface area (Å²) in [7, 11) is 0. The van der Waals surface area contributed by atoms with Crippen LogP contribution in [0.5, 0.6) is 0 Å². The highest BCUT2D eigenvalue weighted by molar-refractivity contribution is 6.41. The van der Waals surface area contributed by atoms with Crippen LogP contribution in [-0.4, -0.2) is 22.7 Å². The van der Waals surface area contributed by atoms with Crippen molar-refractivity contribution in [3.63, 3.8) is 0 Å². The van der Waals surface area contributed by atoms with Gasteiger partial charge in [-0.15, -0.1) is 0 Å². The number of carbonyl (C=O) groups is 2. The molecule has 0 saturated carbocycles. The molecule has 0 aliphatic carbocycles. The van der Waals surface area contributed by atoms with Crippen LogP contribution in [0.25, 0.3) is 0 Å². The molecule has 0 aromatic heterocycles. The van der Waals surface area contributed by atoms with E-state index in [0.29, 0.717) is 0 Å².